The van der Waals surface area contributed by atoms with Crippen molar-refractivity contribution in [1.82, 2.24) is 19.5 Å². The second-order valence-electron chi connectivity index (χ2n) is 6.97. The second-order valence-corrected chi connectivity index (χ2v) is 7.31. The van der Waals surface area contributed by atoms with E-state index in [1.165, 1.54) is 25.7 Å². The fraction of sp³-hybridized carbons (Fsp3) is 0.706. The Morgan fingerprint density at radius 3 is 2.68 bits per heavy atom. The van der Waals surface area contributed by atoms with Gasteiger partial charge in [-0.1, -0.05) is 25.7 Å². The van der Waals surface area contributed by atoms with Crippen LogP contribution in [0.5, 0.6) is 0 Å². The van der Waals surface area contributed by atoms with Crippen molar-refractivity contribution in [1.29, 1.82) is 0 Å². The molecule has 2 aromatic heterocycles. The fourth-order valence-electron chi connectivity index (χ4n) is 3.84. The zero-order valence-electron chi connectivity index (χ0n) is 14.2. The first kappa shape index (κ1) is 17.0. The summed E-state index contributed by atoms with van der Waals surface area (Å²) in [4.78, 5) is 13.3. The van der Waals surface area contributed by atoms with E-state index in [9.17, 15) is 5.11 Å². The lowest BCUT2D eigenvalue weighted by Crippen LogP contribution is -2.19. The van der Waals surface area contributed by atoms with Crippen molar-refractivity contribution in [2.45, 2.75) is 69.7 Å². The maximum atomic E-state index is 9.28. The van der Waals surface area contributed by atoms with E-state index < -0.39 is 0 Å². The zero-order chi connectivity index (χ0) is 17.2. The smallest absolute Gasteiger partial charge is 0.226 e. The number of aromatic nitrogens is 4. The minimum Gasteiger partial charge on any atom is -0.394 e. The molecule has 3 heterocycles. The quantitative estimate of drug-likeness (QED) is 0.638. The molecule has 8 heteroatoms. The van der Waals surface area contributed by atoms with E-state index in [-0.39, 0.29) is 24.2 Å². The molecular formula is C17H24ClN5O2. The molecule has 136 valence electrons. The van der Waals surface area contributed by atoms with Crippen molar-refractivity contribution >= 4 is 28.6 Å². The molecule has 2 N–H and O–H groups in total. The Kier molecular flexibility index (Phi) is 5.05. The molecule has 1 saturated heterocycles. The summed E-state index contributed by atoms with van der Waals surface area (Å²) in [6.45, 7) is 0.0351. The number of nitrogens with zero attached hydrogens (tertiary/aromatic N) is 4. The Balaban J connectivity index is 1.62. The Bertz CT molecular complexity index is 729. The van der Waals surface area contributed by atoms with E-state index in [1.807, 2.05) is 4.57 Å². The molecule has 1 aliphatic carbocycles. The standard InChI is InChI=1S/C17H24ClN5O2/c18-17-21-15(20-11-5-3-1-2-4-6-11)14-16(22-17)23(10-19-14)13-8-7-12(9-24)25-13/h10-13,24H,1-9H2,(H,20,21,22)/t12-,13-/m0/s1. The fourth-order valence-corrected chi connectivity index (χ4v) is 4.01. The van der Waals surface area contributed by atoms with Crippen LogP contribution >= 0.6 is 11.6 Å². The van der Waals surface area contributed by atoms with Crippen molar-refractivity contribution in [2.24, 2.45) is 0 Å². The highest BCUT2D eigenvalue weighted by atomic mass is 35.5. The maximum absolute atomic E-state index is 9.28. The lowest BCUT2D eigenvalue weighted by atomic mass is 10.1. The molecule has 25 heavy (non-hydrogen) atoms. The van der Waals surface area contributed by atoms with Gasteiger partial charge in [0, 0.05) is 6.04 Å². The van der Waals surface area contributed by atoms with E-state index in [0.717, 1.165) is 31.2 Å². The molecule has 7 nitrogen and oxygen atoms in total. The maximum Gasteiger partial charge on any atom is 0.226 e. The monoisotopic (exact) mass is 365 g/mol. The van der Waals surface area contributed by atoms with Crippen LogP contribution in [0.1, 0.15) is 57.6 Å². The summed E-state index contributed by atoms with van der Waals surface area (Å²) in [7, 11) is 0. The second kappa shape index (κ2) is 7.43. The summed E-state index contributed by atoms with van der Waals surface area (Å²) in [6, 6.07) is 0.406. The van der Waals surface area contributed by atoms with Crippen molar-refractivity contribution in [3.05, 3.63) is 11.6 Å². The van der Waals surface area contributed by atoms with Gasteiger partial charge in [-0.3, -0.25) is 4.57 Å². The predicted molar refractivity (Wildman–Crippen MR) is 95.7 cm³/mol. The molecule has 0 radical (unpaired) electrons. The lowest BCUT2D eigenvalue weighted by molar-refractivity contribution is -0.0207. The van der Waals surface area contributed by atoms with Gasteiger partial charge in [-0.25, -0.2) is 4.98 Å². The van der Waals surface area contributed by atoms with Gasteiger partial charge in [-0.05, 0) is 37.3 Å². The number of ether oxygens (including phenoxy) is 1. The first-order valence-corrected chi connectivity index (χ1v) is 9.55. The van der Waals surface area contributed by atoms with Gasteiger partial charge in [0.15, 0.2) is 17.0 Å². The highest BCUT2D eigenvalue weighted by Gasteiger charge is 2.28. The van der Waals surface area contributed by atoms with Crippen LogP contribution in [0, 0.1) is 0 Å². The van der Waals surface area contributed by atoms with E-state index in [1.54, 1.807) is 6.33 Å². The Morgan fingerprint density at radius 1 is 1.16 bits per heavy atom. The summed E-state index contributed by atoms with van der Waals surface area (Å²) in [6.07, 6.45) is 10.5. The third kappa shape index (κ3) is 3.59. The number of fused-ring (bicyclic) bond motifs is 1. The highest BCUT2D eigenvalue weighted by Crippen LogP contribution is 2.32. The first-order chi connectivity index (χ1) is 12.2. The van der Waals surface area contributed by atoms with E-state index in [0.29, 0.717) is 17.5 Å². The lowest BCUT2D eigenvalue weighted by Gasteiger charge is -2.17. The average Bonchev–Trinajstić information content (AvgIpc) is 3.16. The van der Waals surface area contributed by atoms with Crippen molar-refractivity contribution in [3.8, 4) is 0 Å². The van der Waals surface area contributed by atoms with Gasteiger partial charge < -0.3 is 15.2 Å². The number of anilines is 1. The Labute approximate surface area is 151 Å². The van der Waals surface area contributed by atoms with Gasteiger partial charge in [0.2, 0.25) is 5.28 Å². The molecule has 2 atom stereocenters. The van der Waals surface area contributed by atoms with E-state index in [4.69, 9.17) is 16.3 Å². The summed E-state index contributed by atoms with van der Waals surface area (Å²) in [5.41, 5.74) is 1.41. The van der Waals surface area contributed by atoms with E-state index in [2.05, 4.69) is 20.3 Å². The predicted octanol–water partition coefficient (Wildman–Crippen LogP) is 3.28. The number of aliphatic hydroxyl groups is 1. The largest absolute Gasteiger partial charge is 0.394 e. The summed E-state index contributed by atoms with van der Waals surface area (Å²) < 4.78 is 7.76. The van der Waals surface area contributed by atoms with Crippen LogP contribution < -0.4 is 5.32 Å². The van der Waals surface area contributed by atoms with Crippen molar-refractivity contribution < 1.29 is 9.84 Å². The van der Waals surface area contributed by atoms with Gasteiger partial charge in [-0.15, -0.1) is 0 Å². The average molecular weight is 366 g/mol. The van der Waals surface area contributed by atoms with Gasteiger partial charge in [0.1, 0.15) is 6.23 Å². The normalized spacial score (nSPS) is 25.4. The molecule has 2 fully saturated rings. The SMILES string of the molecule is OC[C@@H]1CC[C@@H](n2cnc3c(NC4CCCCCC4)nc(Cl)nc32)O1. The van der Waals surface area contributed by atoms with Gasteiger partial charge in [0.05, 0.1) is 19.0 Å². The molecule has 0 spiro atoms. The van der Waals surface area contributed by atoms with Crippen LogP contribution in [-0.2, 0) is 4.74 Å². The van der Waals surface area contributed by atoms with Gasteiger partial charge >= 0.3 is 0 Å². The first-order valence-electron chi connectivity index (χ1n) is 9.17. The Morgan fingerprint density at radius 2 is 1.96 bits per heavy atom. The molecule has 1 aliphatic heterocycles. The van der Waals surface area contributed by atoms with E-state index >= 15 is 0 Å². The van der Waals surface area contributed by atoms with Crippen LogP contribution in [0.3, 0.4) is 0 Å². The molecule has 2 aromatic rings. The number of nitrogens with one attached hydrogen (secondary N) is 1. The number of rotatable bonds is 4. The number of imidazole rings is 1. The third-order valence-corrected chi connectivity index (χ3v) is 5.36. The van der Waals surface area contributed by atoms with Gasteiger partial charge in [-0.2, -0.15) is 9.97 Å². The topological polar surface area (TPSA) is 85.1 Å². The molecule has 0 bridgehead atoms. The van der Waals surface area contributed by atoms with Gasteiger partial charge in [0.25, 0.3) is 0 Å². The molecule has 0 aromatic carbocycles. The number of hydrogen-bond donors (Lipinski definition) is 2. The third-order valence-electron chi connectivity index (χ3n) is 5.19. The molecule has 0 amide bonds. The molecule has 2 aliphatic rings. The van der Waals surface area contributed by atoms with Crippen LogP contribution in [-0.4, -0.2) is 43.4 Å². The summed E-state index contributed by atoms with van der Waals surface area (Å²) in [5.74, 6) is 0.706. The summed E-state index contributed by atoms with van der Waals surface area (Å²) >= 11 is 6.18. The Hall–Kier alpha value is -1.44. The van der Waals surface area contributed by atoms with Crippen molar-refractivity contribution in [2.75, 3.05) is 11.9 Å². The minimum absolute atomic E-state index is 0.0351. The molecule has 1 saturated carbocycles. The van der Waals surface area contributed by atoms with Crippen LogP contribution in [0.25, 0.3) is 11.2 Å². The minimum atomic E-state index is -0.168. The highest BCUT2D eigenvalue weighted by molar-refractivity contribution is 6.28. The molecular weight excluding hydrogens is 342 g/mol. The van der Waals surface area contributed by atoms with Crippen molar-refractivity contribution in [3.63, 3.8) is 0 Å². The van der Waals surface area contributed by atoms with Crippen LogP contribution in [0.15, 0.2) is 6.33 Å². The molecule has 4 rings (SSSR count). The molecule has 0 unspecified atom stereocenters. The van der Waals surface area contributed by atoms with Crippen LogP contribution in [0.2, 0.25) is 5.28 Å². The number of aliphatic hydroxyl groups excluding tert-OH is 1. The zero-order valence-corrected chi connectivity index (χ0v) is 15.0. The summed E-state index contributed by atoms with van der Waals surface area (Å²) in [5, 5.41) is 13.0. The number of hydrogen-bond acceptors (Lipinski definition) is 6. The van der Waals surface area contributed by atoms with Crippen LogP contribution in [0.4, 0.5) is 5.82 Å². The number of halogens is 1.